The van der Waals surface area contributed by atoms with Crippen molar-refractivity contribution in [1.29, 1.82) is 0 Å². The number of aryl methyl sites for hydroxylation is 2. The van der Waals surface area contributed by atoms with Crippen molar-refractivity contribution in [2.45, 2.75) is 27.3 Å². The summed E-state index contributed by atoms with van der Waals surface area (Å²) in [5, 5.41) is 0.786. The van der Waals surface area contributed by atoms with Crippen LogP contribution >= 0.6 is 11.6 Å². The van der Waals surface area contributed by atoms with Crippen LogP contribution < -0.4 is 4.90 Å². The zero-order valence-corrected chi connectivity index (χ0v) is 13.4. The second kappa shape index (κ2) is 6.77. The number of halogens is 1. The first kappa shape index (κ1) is 15.6. The maximum Gasteiger partial charge on any atom is 0.150 e. The molecule has 2 nitrogen and oxygen atoms in total. The Balaban J connectivity index is 2.26. The van der Waals surface area contributed by atoms with Gasteiger partial charge >= 0.3 is 0 Å². The highest BCUT2D eigenvalue weighted by atomic mass is 35.5. The summed E-state index contributed by atoms with van der Waals surface area (Å²) in [6.07, 6.45) is 0.918. The Bertz CT molecular complexity index is 652. The smallest absolute Gasteiger partial charge is 0.150 e. The van der Waals surface area contributed by atoms with E-state index in [1.54, 1.807) is 0 Å². The SMILES string of the molecule is CCN(Cc1ccc(C)c(C=O)c1)c1ccc(Cl)c(C)c1. The van der Waals surface area contributed by atoms with Crippen molar-refractivity contribution in [3.63, 3.8) is 0 Å². The summed E-state index contributed by atoms with van der Waals surface area (Å²) in [5.41, 5.74) is 5.13. The summed E-state index contributed by atoms with van der Waals surface area (Å²) in [6.45, 7) is 7.76. The summed E-state index contributed by atoms with van der Waals surface area (Å²) < 4.78 is 0. The first-order valence-electron chi connectivity index (χ1n) is 7.11. The minimum Gasteiger partial charge on any atom is -0.367 e. The largest absolute Gasteiger partial charge is 0.367 e. The van der Waals surface area contributed by atoms with Crippen molar-refractivity contribution in [2.24, 2.45) is 0 Å². The molecule has 0 aliphatic heterocycles. The number of nitrogens with zero attached hydrogens (tertiary/aromatic N) is 1. The molecule has 2 aromatic rings. The number of anilines is 1. The van der Waals surface area contributed by atoms with E-state index >= 15 is 0 Å². The molecule has 0 saturated heterocycles. The van der Waals surface area contributed by atoms with E-state index in [1.807, 2.05) is 38.1 Å². The predicted molar refractivity (Wildman–Crippen MR) is 89.5 cm³/mol. The summed E-state index contributed by atoms with van der Waals surface area (Å²) >= 11 is 6.09. The second-order valence-corrected chi connectivity index (χ2v) is 5.66. The number of hydrogen-bond acceptors (Lipinski definition) is 2. The fourth-order valence-corrected chi connectivity index (χ4v) is 2.46. The molecule has 21 heavy (non-hydrogen) atoms. The Morgan fingerprint density at radius 2 is 1.86 bits per heavy atom. The first-order chi connectivity index (χ1) is 10.0. The molecule has 0 radical (unpaired) electrons. The van der Waals surface area contributed by atoms with Gasteiger partial charge in [-0.15, -0.1) is 0 Å². The highest BCUT2D eigenvalue weighted by Crippen LogP contribution is 2.24. The minimum atomic E-state index is 0.760. The lowest BCUT2D eigenvalue weighted by atomic mass is 10.1. The molecule has 2 aromatic carbocycles. The van der Waals surface area contributed by atoms with Gasteiger partial charge in [-0.3, -0.25) is 4.79 Å². The zero-order chi connectivity index (χ0) is 15.4. The lowest BCUT2D eigenvalue weighted by Crippen LogP contribution is -2.22. The number of aldehydes is 1. The van der Waals surface area contributed by atoms with E-state index in [1.165, 1.54) is 0 Å². The van der Waals surface area contributed by atoms with Crippen molar-refractivity contribution in [1.82, 2.24) is 0 Å². The van der Waals surface area contributed by atoms with E-state index in [0.29, 0.717) is 0 Å². The van der Waals surface area contributed by atoms with Crippen LogP contribution in [0.25, 0.3) is 0 Å². The molecular weight excluding hydrogens is 282 g/mol. The summed E-state index contributed by atoms with van der Waals surface area (Å²) in [4.78, 5) is 13.3. The number of benzene rings is 2. The Hall–Kier alpha value is -1.80. The molecule has 0 bridgehead atoms. The van der Waals surface area contributed by atoms with E-state index in [-0.39, 0.29) is 0 Å². The molecule has 0 atom stereocenters. The quantitative estimate of drug-likeness (QED) is 0.740. The molecular formula is C18H20ClNO. The van der Waals surface area contributed by atoms with Gasteiger partial charge in [0, 0.05) is 29.4 Å². The molecule has 0 aromatic heterocycles. The standard InChI is InChI=1S/C18H20ClNO/c1-4-20(17-7-8-18(19)14(3)9-17)11-15-6-5-13(2)16(10-15)12-21/h5-10,12H,4,11H2,1-3H3. The van der Waals surface area contributed by atoms with Gasteiger partial charge in [0.2, 0.25) is 0 Å². The monoisotopic (exact) mass is 301 g/mol. The van der Waals surface area contributed by atoms with Crippen LogP contribution in [0.1, 0.15) is 34.0 Å². The molecule has 110 valence electrons. The van der Waals surface area contributed by atoms with Crippen LogP contribution in [-0.2, 0) is 6.54 Å². The molecule has 0 spiro atoms. The lowest BCUT2D eigenvalue weighted by Gasteiger charge is -2.24. The maximum atomic E-state index is 11.1. The molecule has 0 amide bonds. The third kappa shape index (κ3) is 3.64. The molecule has 3 heteroatoms. The van der Waals surface area contributed by atoms with Gasteiger partial charge < -0.3 is 4.90 Å². The number of rotatable bonds is 5. The molecule has 0 saturated carbocycles. The van der Waals surface area contributed by atoms with E-state index in [9.17, 15) is 4.79 Å². The molecule has 2 rings (SSSR count). The molecule has 0 aliphatic carbocycles. The van der Waals surface area contributed by atoms with Crippen LogP contribution in [0, 0.1) is 13.8 Å². The molecule has 0 N–H and O–H groups in total. The van der Waals surface area contributed by atoms with E-state index < -0.39 is 0 Å². The number of hydrogen-bond donors (Lipinski definition) is 0. The Labute approximate surface area is 131 Å². The van der Waals surface area contributed by atoms with Crippen LogP contribution in [0.5, 0.6) is 0 Å². The maximum absolute atomic E-state index is 11.1. The van der Waals surface area contributed by atoms with Crippen LogP contribution in [-0.4, -0.2) is 12.8 Å². The first-order valence-corrected chi connectivity index (χ1v) is 7.48. The summed E-state index contributed by atoms with van der Waals surface area (Å²) in [6, 6.07) is 12.1. The summed E-state index contributed by atoms with van der Waals surface area (Å²) in [7, 11) is 0. The molecule has 0 fully saturated rings. The fourth-order valence-electron chi connectivity index (χ4n) is 2.35. The topological polar surface area (TPSA) is 20.3 Å². The van der Waals surface area contributed by atoms with E-state index in [2.05, 4.69) is 24.0 Å². The zero-order valence-electron chi connectivity index (χ0n) is 12.7. The molecule has 0 unspecified atom stereocenters. The van der Waals surface area contributed by atoms with Gasteiger partial charge in [0.05, 0.1) is 0 Å². The third-order valence-electron chi connectivity index (χ3n) is 3.73. The Kier molecular flexibility index (Phi) is 5.03. The Morgan fingerprint density at radius 1 is 1.10 bits per heavy atom. The van der Waals surface area contributed by atoms with Gasteiger partial charge in [-0.25, -0.2) is 0 Å². The minimum absolute atomic E-state index is 0.760. The number of carbonyl (C=O) groups excluding carboxylic acids is 1. The van der Waals surface area contributed by atoms with Gasteiger partial charge in [-0.1, -0.05) is 23.7 Å². The highest BCUT2D eigenvalue weighted by molar-refractivity contribution is 6.31. The van der Waals surface area contributed by atoms with Crippen molar-refractivity contribution >= 4 is 23.6 Å². The van der Waals surface area contributed by atoms with E-state index in [4.69, 9.17) is 11.6 Å². The number of carbonyl (C=O) groups is 1. The van der Waals surface area contributed by atoms with Crippen LogP contribution in [0.3, 0.4) is 0 Å². The van der Waals surface area contributed by atoms with Crippen molar-refractivity contribution in [2.75, 3.05) is 11.4 Å². The van der Waals surface area contributed by atoms with Gasteiger partial charge in [-0.05, 0) is 61.7 Å². The lowest BCUT2D eigenvalue weighted by molar-refractivity contribution is 0.112. The van der Waals surface area contributed by atoms with Gasteiger partial charge in [0.15, 0.2) is 0 Å². The molecule has 0 heterocycles. The van der Waals surface area contributed by atoms with Crippen LogP contribution in [0.4, 0.5) is 5.69 Å². The highest BCUT2D eigenvalue weighted by Gasteiger charge is 2.08. The van der Waals surface area contributed by atoms with Gasteiger partial charge in [0.1, 0.15) is 6.29 Å². The second-order valence-electron chi connectivity index (χ2n) is 5.26. The average Bonchev–Trinajstić information content (AvgIpc) is 2.49. The van der Waals surface area contributed by atoms with Crippen molar-refractivity contribution in [3.05, 3.63) is 63.7 Å². The summed E-state index contributed by atoms with van der Waals surface area (Å²) in [5.74, 6) is 0. The fraction of sp³-hybridized carbons (Fsp3) is 0.278. The molecule has 0 aliphatic rings. The van der Waals surface area contributed by atoms with Crippen LogP contribution in [0.15, 0.2) is 36.4 Å². The van der Waals surface area contributed by atoms with Crippen molar-refractivity contribution in [3.8, 4) is 0 Å². The van der Waals surface area contributed by atoms with E-state index in [0.717, 1.165) is 52.3 Å². The van der Waals surface area contributed by atoms with Gasteiger partial charge in [-0.2, -0.15) is 0 Å². The Morgan fingerprint density at radius 3 is 2.48 bits per heavy atom. The van der Waals surface area contributed by atoms with Crippen LogP contribution in [0.2, 0.25) is 5.02 Å². The normalized spacial score (nSPS) is 10.5. The van der Waals surface area contributed by atoms with Gasteiger partial charge in [0.25, 0.3) is 0 Å². The average molecular weight is 302 g/mol. The third-order valence-corrected chi connectivity index (χ3v) is 4.16. The predicted octanol–water partition coefficient (Wildman–Crippen LogP) is 4.80. The van der Waals surface area contributed by atoms with Crippen molar-refractivity contribution < 1.29 is 4.79 Å².